The van der Waals surface area contributed by atoms with Crippen LogP contribution in [0.2, 0.25) is 0 Å². The number of hydrogen-bond acceptors (Lipinski definition) is 7. The van der Waals surface area contributed by atoms with Gasteiger partial charge in [-0.05, 0) is 68.8 Å². The summed E-state index contributed by atoms with van der Waals surface area (Å²) < 4.78 is 14.6. The van der Waals surface area contributed by atoms with Gasteiger partial charge in [0.25, 0.3) is 5.91 Å². The van der Waals surface area contributed by atoms with E-state index in [2.05, 4.69) is 46.9 Å². The molecule has 4 N–H and O–H groups in total. The van der Waals surface area contributed by atoms with Gasteiger partial charge >= 0.3 is 0 Å². The molecule has 2 saturated heterocycles. The lowest BCUT2D eigenvalue weighted by Gasteiger charge is -2.34. The second kappa shape index (κ2) is 9.85. The predicted octanol–water partition coefficient (Wildman–Crippen LogP) is 3.25. The maximum absolute atomic E-state index is 14.6. The largest absolute Gasteiger partial charge is 0.370 e. The summed E-state index contributed by atoms with van der Waals surface area (Å²) in [5, 5.41) is 9.34. The molecule has 3 aromatic rings. The van der Waals surface area contributed by atoms with Crippen molar-refractivity contribution in [3.8, 4) is 11.4 Å². The molecule has 188 valence electrons. The van der Waals surface area contributed by atoms with Gasteiger partial charge in [-0.25, -0.2) is 19.3 Å². The van der Waals surface area contributed by atoms with Crippen LogP contribution in [0.1, 0.15) is 41.7 Å². The number of aromatic amines is 1. The highest BCUT2D eigenvalue weighted by Gasteiger charge is 2.25. The van der Waals surface area contributed by atoms with Gasteiger partial charge in [0, 0.05) is 31.7 Å². The third kappa shape index (κ3) is 4.77. The van der Waals surface area contributed by atoms with Crippen LogP contribution in [-0.2, 0) is 6.42 Å². The molecular formula is C26H31FN8O. The molecule has 6 heterocycles. The second-order valence-corrected chi connectivity index (χ2v) is 10.0. The van der Waals surface area contributed by atoms with Crippen LogP contribution in [0.5, 0.6) is 0 Å². The molecule has 0 radical (unpaired) electrons. The number of carbonyl (C=O) groups excluding carboxylic acids is 1. The number of halogens is 1. The lowest BCUT2D eigenvalue weighted by molar-refractivity contribution is 0.0946. The molecule has 3 aromatic heterocycles. The summed E-state index contributed by atoms with van der Waals surface area (Å²) in [4.78, 5) is 30.6. The number of aromatic nitrogens is 4. The normalized spacial score (nSPS) is 20.3. The molecule has 9 nitrogen and oxygen atoms in total. The zero-order valence-corrected chi connectivity index (χ0v) is 20.2. The Morgan fingerprint density at radius 1 is 1.08 bits per heavy atom. The number of piperidine rings is 1. The fourth-order valence-electron chi connectivity index (χ4n) is 5.61. The fraction of sp³-hybridized carbons (Fsp3) is 0.462. The number of hydrogen-bond donors (Lipinski definition) is 4. The quantitative estimate of drug-likeness (QED) is 0.420. The standard InChI is InChI=1S/C26H31FN8O/c27-20-15-31-26(34-24(20)22-12-19-21(32-22)4-8-29-25(19)36)33-23-2-1-18(14-30-23)35-9-5-16(6-10-35)11-17-3-7-28-13-17/h1-2,12,14-17,28,32H,3-11,13H2,(H,29,36)(H,30,31,33,34). The van der Waals surface area contributed by atoms with E-state index in [4.69, 9.17) is 0 Å². The number of carbonyl (C=O) groups is 1. The number of amides is 1. The van der Waals surface area contributed by atoms with E-state index in [1.807, 2.05) is 12.3 Å². The van der Waals surface area contributed by atoms with Gasteiger partial charge in [0.1, 0.15) is 11.5 Å². The maximum Gasteiger partial charge on any atom is 0.253 e. The van der Waals surface area contributed by atoms with Crippen LogP contribution in [0.15, 0.2) is 30.6 Å². The van der Waals surface area contributed by atoms with E-state index in [1.54, 1.807) is 6.07 Å². The molecule has 36 heavy (non-hydrogen) atoms. The van der Waals surface area contributed by atoms with Crippen molar-refractivity contribution in [2.24, 2.45) is 11.8 Å². The molecule has 10 heteroatoms. The van der Waals surface area contributed by atoms with Crippen LogP contribution < -0.4 is 20.9 Å². The predicted molar refractivity (Wildman–Crippen MR) is 136 cm³/mol. The number of nitrogens with zero attached hydrogens (tertiary/aromatic N) is 4. The Morgan fingerprint density at radius 3 is 2.72 bits per heavy atom. The average molecular weight is 491 g/mol. The van der Waals surface area contributed by atoms with Crippen molar-refractivity contribution in [2.75, 3.05) is 42.9 Å². The molecule has 1 amide bonds. The smallest absolute Gasteiger partial charge is 0.253 e. The van der Waals surface area contributed by atoms with Gasteiger partial charge in [-0.3, -0.25) is 4.79 Å². The van der Waals surface area contributed by atoms with Crippen molar-refractivity contribution in [2.45, 2.75) is 32.1 Å². The molecule has 3 aliphatic rings. The van der Waals surface area contributed by atoms with Crippen LogP contribution in [0.4, 0.5) is 21.8 Å². The van der Waals surface area contributed by atoms with Crippen LogP contribution in [0, 0.1) is 17.7 Å². The third-order valence-electron chi connectivity index (χ3n) is 7.60. The Kier molecular flexibility index (Phi) is 6.27. The van der Waals surface area contributed by atoms with Gasteiger partial charge in [-0.2, -0.15) is 0 Å². The first kappa shape index (κ1) is 22.9. The minimum absolute atomic E-state index is 0.113. The molecule has 0 spiro atoms. The van der Waals surface area contributed by atoms with Gasteiger partial charge in [0.2, 0.25) is 5.95 Å². The number of H-pyrrole nitrogens is 1. The van der Waals surface area contributed by atoms with Gasteiger partial charge in [0.15, 0.2) is 5.82 Å². The van der Waals surface area contributed by atoms with E-state index in [0.29, 0.717) is 30.0 Å². The summed E-state index contributed by atoms with van der Waals surface area (Å²) in [5.41, 5.74) is 3.00. The van der Waals surface area contributed by atoms with E-state index < -0.39 is 5.82 Å². The molecule has 1 unspecified atom stereocenters. The van der Waals surface area contributed by atoms with Crippen molar-refractivity contribution in [1.82, 2.24) is 30.6 Å². The molecular weight excluding hydrogens is 459 g/mol. The van der Waals surface area contributed by atoms with Crippen LogP contribution in [0.3, 0.4) is 0 Å². The lowest BCUT2D eigenvalue weighted by Crippen LogP contribution is -2.34. The fourth-order valence-corrected chi connectivity index (χ4v) is 5.61. The summed E-state index contributed by atoms with van der Waals surface area (Å²) in [6, 6.07) is 5.59. The molecule has 3 aliphatic heterocycles. The molecule has 0 aromatic carbocycles. The zero-order valence-electron chi connectivity index (χ0n) is 20.2. The Hall–Kier alpha value is -3.53. The number of anilines is 3. The minimum atomic E-state index is -0.560. The highest BCUT2D eigenvalue weighted by Crippen LogP contribution is 2.30. The number of fused-ring (bicyclic) bond motifs is 1. The Labute approximate surface area is 209 Å². The van der Waals surface area contributed by atoms with E-state index in [-0.39, 0.29) is 17.5 Å². The molecule has 1 atom stereocenters. The summed E-state index contributed by atoms with van der Waals surface area (Å²) >= 11 is 0. The van der Waals surface area contributed by atoms with Crippen molar-refractivity contribution in [3.63, 3.8) is 0 Å². The molecule has 0 aliphatic carbocycles. The number of nitrogens with one attached hydrogen (secondary N) is 4. The second-order valence-electron chi connectivity index (χ2n) is 10.0. The summed E-state index contributed by atoms with van der Waals surface area (Å²) in [5.74, 6) is 1.78. The topological polar surface area (TPSA) is 111 Å². The summed E-state index contributed by atoms with van der Waals surface area (Å²) in [6.45, 7) is 5.03. The average Bonchev–Trinajstić information content (AvgIpc) is 3.57. The van der Waals surface area contributed by atoms with Crippen molar-refractivity contribution in [1.29, 1.82) is 0 Å². The van der Waals surface area contributed by atoms with E-state index in [0.717, 1.165) is 42.5 Å². The maximum atomic E-state index is 14.6. The molecule has 2 fully saturated rings. The summed E-state index contributed by atoms with van der Waals surface area (Å²) in [7, 11) is 0. The van der Waals surface area contributed by atoms with Crippen molar-refractivity contribution >= 4 is 23.4 Å². The van der Waals surface area contributed by atoms with E-state index in [9.17, 15) is 9.18 Å². The van der Waals surface area contributed by atoms with Gasteiger partial charge in [-0.1, -0.05) is 0 Å². The number of rotatable bonds is 6. The van der Waals surface area contributed by atoms with Gasteiger partial charge in [-0.15, -0.1) is 0 Å². The zero-order chi connectivity index (χ0) is 24.5. The SMILES string of the molecule is O=C1NCCc2[nH]c(-c3nc(Nc4ccc(N5CCC(CC6CCNC6)CC5)cn4)ncc3F)cc21. The number of pyridine rings is 1. The van der Waals surface area contributed by atoms with Gasteiger partial charge in [0.05, 0.1) is 29.3 Å². The molecule has 0 saturated carbocycles. The summed E-state index contributed by atoms with van der Waals surface area (Å²) in [6.07, 6.45) is 8.79. The highest BCUT2D eigenvalue weighted by atomic mass is 19.1. The van der Waals surface area contributed by atoms with Crippen molar-refractivity contribution < 1.29 is 9.18 Å². The van der Waals surface area contributed by atoms with Crippen LogP contribution >= 0.6 is 0 Å². The third-order valence-corrected chi connectivity index (χ3v) is 7.60. The minimum Gasteiger partial charge on any atom is -0.370 e. The molecule has 0 bridgehead atoms. The Balaban J connectivity index is 1.10. The first-order valence-electron chi connectivity index (χ1n) is 12.8. The monoisotopic (exact) mass is 490 g/mol. The van der Waals surface area contributed by atoms with Gasteiger partial charge < -0.3 is 25.8 Å². The lowest BCUT2D eigenvalue weighted by atomic mass is 9.86. The Morgan fingerprint density at radius 2 is 1.97 bits per heavy atom. The van der Waals surface area contributed by atoms with E-state index in [1.165, 1.54) is 38.8 Å². The Bertz CT molecular complexity index is 1230. The van der Waals surface area contributed by atoms with Crippen LogP contribution in [0.25, 0.3) is 11.4 Å². The molecule has 6 rings (SSSR count). The van der Waals surface area contributed by atoms with Crippen LogP contribution in [-0.4, -0.2) is 58.6 Å². The highest BCUT2D eigenvalue weighted by molar-refractivity contribution is 5.97. The van der Waals surface area contributed by atoms with E-state index >= 15 is 0 Å². The van der Waals surface area contributed by atoms with Crippen molar-refractivity contribution in [3.05, 3.63) is 47.7 Å². The first-order valence-corrected chi connectivity index (χ1v) is 12.8. The first-order chi connectivity index (χ1) is 17.6.